The Morgan fingerprint density at radius 1 is 1.42 bits per heavy atom. The molecule has 24 heavy (non-hydrogen) atoms. The minimum Gasteiger partial charge on any atom is -0.467 e. The van der Waals surface area contributed by atoms with Crippen LogP contribution in [0.25, 0.3) is 0 Å². The molecule has 1 saturated carbocycles. The summed E-state index contributed by atoms with van der Waals surface area (Å²) in [7, 11) is 1.71. The van der Waals surface area contributed by atoms with E-state index in [9.17, 15) is 4.79 Å². The fourth-order valence-electron chi connectivity index (χ4n) is 2.23. The maximum atomic E-state index is 12.3. The minimum absolute atomic E-state index is 0.245. The molecule has 0 bridgehead atoms. The Labute approximate surface area is 143 Å². The third-order valence-electron chi connectivity index (χ3n) is 3.49. The Bertz CT molecular complexity index is 545. The van der Waals surface area contributed by atoms with E-state index in [4.69, 9.17) is 9.15 Å². The van der Waals surface area contributed by atoms with E-state index in [-0.39, 0.29) is 6.09 Å². The highest BCUT2D eigenvalue weighted by atomic mass is 16.6. The first-order valence-corrected chi connectivity index (χ1v) is 8.35. The number of nitrogens with one attached hydrogen (secondary N) is 2. The molecular formula is C17H28N4O3. The van der Waals surface area contributed by atoms with E-state index in [0.717, 1.165) is 18.6 Å². The summed E-state index contributed by atoms with van der Waals surface area (Å²) in [5.74, 6) is 1.51. The number of nitrogens with zero attached hydrogens (tertiary/aromatic N) is 2. The number of carbonyl (C=O) groups is 1. The van der Waals surface area contributed by atoms with Crippen molar-refractivity contribution < 1.29 is 13.9 Å². The number of aliphatic imine (C=N–C) groups is 1. The van der Waals surface area contributed by atoms with Gasteiger partial charge in [-0.25, -0.2) is 4.79 Å². The van der Waals surface area contributed by atoms with Crippen molar-refractivity contribution in [2.45, 2.75) is 51.8 Å². The van der Waals surface area contributed by atoms with Gasteiger partial charge in [-0.1, -0.05) is 0 Å². The SMILES string of the molecule is CN=C(NCCN(C(=O)OC(C)(C)C)C1CC1)NCc1ccco1. The molecule has 7 nitrogen and oxygen atoms in total. The summed E-state index contributed by atoms with van der Waals surface area (Å²) < 4.78 is 10.8. The van der Waals surface area contributed by atoms with Crippen LogP contribution in [0.15, 0.2) is 27.8 Å². The van der Waals surface area contributed by atoms with Crippen molar-refractivity contribution in [1.29, 1.82) is 0 Å². The van der Waals surface area contributed by atoms with Gasteiger partial charge in [-0.05, 0) is 45.7 Å². The zero-order chi connectivity index (χ0) is 17.6. The summed E-state index contributed by atoms with van der Waals surface area (Å²) in [6.45, 7) is 7.40. The Hall–Kier alpha value is -2.18. The molecule has 1 amide bonds. The number of amides is 1. The van der Waals surface area contributed by atoms with Crippen molar-refractivity contribution >= 4 is 12.1 Å². The van der Waals surface area contributed by atoms with Gasteiger partial charge in [0.2, 0.25) is 0 Å². The molecule has 0 spiro atoms. The van der Waals surface area contributed by atoms with E-state index < -0.39 is 5.60 Å². The molecule has 1 aromatic heterocycles. The molecule has 134 valence electrons. The van der Waals surface area contributed by atoms with Crippen LogP contribution in [0.4, 0.5) is 4.79 Å². The molecule has 0 radical (unpaired) electrons. The summed E-state index contributed by atoms with van der Waals surface area (Å²) in [5, 5.41) is 6.38. The number of rotatable bonds is 6. The monoisotopic (exact) mass is 336 g/mol. The molecule has 0 aliphatic heterocycles. The van der Waals surface area contributed by atoms with Crippen molar-refractivity contribution in [2.24, 2.45) is 4.99 Å². The molecular weight excluding hydrogens is 308 g/mol. The van der Waals surface area contributed by atoms with E-state index in [0.29, 0.717) is 31.6 Å². The van der Waals surface area contributed by atoms with Crippen LogP contribution in [0.1, 0.15) is 39.4 Å². The van der Waals surface area contributed by atoms with Crippen molar-refractivity contribution in [1.82, 2.24) is 15.5 Å². The lowest BCUT2D eigenvalue weighted by atomic mass is 10.2. The highest BCUT2D eigenvalue weighted by molar-refractivity contribution is 5.79. The van der Waals surface area contributed by atoms with Gasteiger partial charge in [0.15, 0.2) is 5.96 Å². The number of ether oxygens (including phenoxy) is 1. The smallest absolute Gasteiger partial charge is 0.410 e. The summed E-state index contributed by atoms with van der Waals surface area (Å²) in [6, 6.07) is 4.05. The van der Waals surface area contributed by atoms with Crippen LogP contribution in [0.2, 0.25) is 0 Å². The largest absolute Gasteiger partial charge is 0.467 e. The zero-order valence-corrected chi connectivity index (χ0v) is 15.0. The number of carbonyl (C=O) groups excluding carboxylic acids is 1. The summed E-state index contributed by atoms with van der Waals surface area (Å²) in [4.78, 5) is 18.3. The van der Waals surface area contributed by atoms with E-state index in [2.05, 4.69) is 15.6 Å². The topological polar surface area (TPSA) is 79.1 Å². The van der Waals surface area contributed by atoms with E-state index in [1.165, 1.54) is 0 Å². The summed E-state index contributed by atoms with van der Waals surface area (Å²) >= 11 is 0. The molecule has 1 heterocycles. The fraction of sp³-hybridized carbons (Fsp3) is 0.647. The Morgan fingerprint density at radius 3 is 2.71 bits per heavy atom. The van der Waals surface area contributed by atoms with Gasteiger partial charge >= 0.3 is 6.09 Å². The summed E-state index contributed by atoms with van der Waals surface area (Å²) in [6.07, 6.45) is 3.49. The Kier molecular flexibility index (Phi) is 6.11. The minimum atomic E-state index is -0.474. The van der Waals surface area contributed by atoms with E-state index in [1.54, 1.807) is 18.2 Å². The van der Waals surface area contributed by atoms with Crippen LogP contribution < -0.4 is 10.6 Å². The molecule has 0 aromatic carbocycles. The molecule has 1 aliphatic carbocycles. The second-order valence-corrected chi connectivity index (χ2v) is 6.84. The maximum absolute atomic E-state index is 12.3. The first-order valence-electron chi connectivity index (χ1n) is 8.35. The first-order chi connectivity index (χ1) is 11.4. The Balaban J connectivity index is 1.76. The molecule has 1 aliphatic rings. The van der Waals surface area contributed by atoms with Crippen molar-refractivity contribution in [3.8, 4) is 0 Å². The van der Waals surface area contributed by atoms with Crippen molar-refractivity contribution in [3.05, 3.63) is 24.2 Å². The number of hydrogen-bond donors (Lipinski definition) is 2. The number of furan rings is 1. The molecule has 0 atom stereocenters. The zero-order valence-electron chi connectivity index (χ0n) is 15.0. The summed E-state index contributed by atoms with van der Waals surface area (Å²) in [5.41, 5.74) is -0.474. The number of hydrogen-bond acceptors (Lipinski definition) is 4. The lowest BCUT2D eigenvalue weighted by Gasteiger charge is -2.27. The average Bonchev–Trinajstić information content (AvgIpc) is 3.19. The quantitative estimate of drug-likeness (QED) is 0.616. The standard InChI is InChI=1S/C17H28N4O3/c1-17(2,3)24-16(22)21(13-7-8-13)10-9-19-15(18-4)20-12-14-6-5-11-23-14/h5-6,11,13H,7-10,12H2,1-4H3,(H2,18,19,20). The van der Waals surface area contributed by atoms with Gasteiger partial charge in [0.05, 0.1) is 12.8 Å². The van der Waals surface area contributed by atoms with Crippen LogP contribution in [-0.2, 0) is 11.3 Å². The van der Waals surface area contributed by atoms with Gasteiger partial charge in [-0.15, -0.1) is 0 Å². The van der Waals surface area contributed by atoms with Crippen LogP contribution in [0.5, 0.6) is 0 Å². The fourth-order valence-corrected chi connectivity index (χ4v) is 2.23. The van der Waals surface area contributed by atoms with Gasteiger partial charge in [-0.2, -0.15) is 0 Å². The second kappa shape index (κ2) is 8.08. The number of guanidine groups is 1. The molecule has 0 unspecified atom stereocenters. The molecule has 7 heteroatoms. The molecule has 1 aromatic rings. The van der Waals surface area contributed by atoms with Gasteiger partial charge in [-0.3, -0.25) is 4.99 Å². The first kappa shape index (κ1) is 18.2. The van der Waals surface area contributed by atoms with Crippen LogP contribution in [0.3, 0.4) is 0 Å². The average molecular weight is 336 g/mol. The third-order valence-corrected chi connectivity index (χ3v) is 3.49. The highest BCUT2D eigenvalue weighted by Crippen LogP contribution is 2.27. The van der Waals surface area contributed by atoms with E-state index in [1.807, 2.05) is 32.9 Å². The van der Waals surface area contributed by atoms with Gasteiger partial charge in [0, 0.05) is 26.2 Å². The molecule has 2 rings (SSSR count). The normalized spacial score (nSPS) is 15.1. The predicted molar refractivity (Wildman–Crippen MR) is 92.9 cm³/mol. The van der Waals surface area contributed by atoms with Crippen molar-refractivity contribution in [3.63, 3.8) is 0 Å². The Morgan fingerprint density at radius 2 is 2.17 bits per heavy atom. The van der Waals surface area contributed by atoms with Crippen LogP contribution in [-0.4, -0.2) is 48.7 Å². The van der Waals surface area contributed by atoms with Crippen LogP contribution >= 0.6 is 0 Å². The highest BCUT2D eigenvalue weighted by Gasteiger charge is 2.34. The van der Waals surface area contributed by atoms with Crippen LogP contribution in [0, 0.1) is 0 Å². The second-order valence-electron chi connectivity index (χ2n) is 6.84. The van der Waals surface area contributed by atoms with Gasteiger partial charge in [0.25, 0.3) is 0 Å². The van der Waals surface area contributed by atoms with E-state index >= 15 is 0 Å². The molecule has 0 saturated heterocycles. The van der Waals surface area contributed by atoms with Crippen molar-refractivity contribution in [2.75, 3.05) is 20.1 Å². The lowest BCUT2D eigenvalue weighted by Crippen LogP contribution is -2.45. The predicted octanol–water partition coefficient (Wildman–Crippen LogP) is 2.34. The van der Waals surface area contributed by atoms with Gasteiger partial charge < -0.3 is 24.7 Å². The third kappa shape index (κ3) is 6.14. The lowest BCUT2D eigenvalue weighted by molar-refractivity contribution is 0.0238. The van der Waals surface area contributed by atoms with Gasteiger partial charge in [0.1, 0.15) is 11.4 Å². The maximum Gasteiger partial charge on any atom is 0.410 e. The molecule has 2 N–H and O–H groups in total. The molecule has 1 fully saturated rings.